The molecule has 0 spiro atoms. The lowest BCUT2D eigenvalue weighted by molar-refractivity contribution is 0.590. The number of hydrogen-bond acceptors (Lipinski definition) is 1. The van der Waals surface area contributed by atoms with Crippen LogP contribution in [-0.4, -0.2) is 9.55 Å². The summed E-state index contributed by atoms with van der Waals surface area (Å²) in [7, 11) is 0. The summed E-state index contributed by atoms with van der Waals surface area (Å²) in [6.07, 6.45) is 5.08. The molecule has 2 aromatic carbocycles. The van der Waals surface area contributed by atoms with Crippen LogP contribution in [0.2, 0.25) is 0 Å². The predicted molar refractivity (Wildman–Crippen MR) is 124 cm³/mol. The molecule has 0 saturated carbocycles. The van der Waals surface area contributed by atoms with Crippen LogP contribution in [0, 0.1) is 20.8 Å². The molecule has 1 heterocycles. The Labute approximate surface area is 175 Å². The zero-order valence-electron chi connectivity index (χ0n) is 19.1. The molecule has 0 radical (unpaired) electrons. The van der Waals surface area contributed by atoms with Crippen LogP contribution in [0.15, 0.2) is 42.2 Å². The number of aryl methyl sites for hydroxylation is 3. The summed E-state index contributed by atoms with van der Waals surface area (Å²) in [6.45, 7) is 18.0. The number of benzene rings is 2. The average molecular weight is 385 g/mol. The van der Waals surface area contributed by atoms with Gasteiger partial charge in [0.1, 0.15) is 5.82 Å². The molecular formula is C27H32N2. The Kier molecular flexibility index (Phi) is 4.57. The van der Waals surface area contributed by atoms with Gasteiger partial charge in [-0.25, -0.2) is 4.98 Å². The maximum Gasteiger partial charge on any atom is 0.145 e. The normalized spacial score (nSPS) is 13.9. The number of rotatable bonds is 2. The van der Waals surface area contributed by atoms with Crippen LogP contribution in [0.1, 0.15) is 68.0 Å². The van der Waals surface area contributed by atoms with Crippen LogP contribution < -0.4 is 0 Å². The Hall–Kier alpha value is -2.61. The number of fused-ring (bicyclic) bond motifs is 1. The summed E-state index contributed by atoms with van der Waals surface area (Å²) < 4.78 is 2.30. The molecule has 0 N–H and O–H groups in total. The molecule has 0 amide bonds. The van der Waals surface area contributed by atoms with Gasteiger partial charge in [-0.3, -0.25) is 4.57 Å². The molecule has 3 aromatic rings. The van der Waals surface area contributed by atoms with Crippen molar-refractivity contribution >= 4 is 5.57 Å². The van der Waals surface area contributed by atoms with E-state index in [-0.39, 0.29) is 5.41 Å². The smallest absolute Gasteiger partial charge is 0.145 e. The second kappa shape index (κ2) is 6.73. The van der Waals surface area contributed by atoms with Crippen LogP contribution >= 0.6 is 0 Å². The highest BCUT2D eigenvalue weighted by Crippen LogP contribution is 2.44. The first-order chi connectivity index (χ1) is 13.6. The lowest BCUT2D eigenvalue weighted by atomic mass is 9.80. The van der Waals surface area contributed by atoms with Gasteiger partial charge in [0, 0.05) is 18.0 Å². The SMILES string of the molecule is CC1=C(C)c2ccc(C(C)(C)C)c(-c3nccn3-c3c(C)cc(C)cc3C)c2C1. The van der Waals surface area contributed by atoms with Gasteiger partial charge < -0.3 is 0 Å². The summed E-state index contributed by atoms with van der Waals surface area (Å²) in [4.78, 5) is 4.91. The van der Waals surface area contributed by atoms with Crippen LogP contribution in [-0.2, 0) is 11.8 Å². The number of aromatic nitrogens is 2. The van der Waals surface area contributed by atoms with Crippen molar-refractivity contribution in [3.05, 3.63) is 75.6 Å². The largest absolute Gasteiger partial charge is 0.299 e. The van der Waals surface area contributed by atoms with Crippen molar-refractivity contribution in [1.82, 2.24) is 9.55 Å². The van der Waals surface area contributed by atoms with Gasteiger partial charge >= 0.3 is 0 Å². The second-order valence-electron chi connectivity index (χ2n) is 9.71. The summed E-state index contributed by atoms with van der Waals surface area (Å²) in [5.74, 6) is 1.06. The van der Waals surface area contributed by atoms with E-state index in [9.17, 15) is 0 Å². The second-order valence-corrected chi connectivity index (χ2v) is 9.71. The van der Waals surface area contributed by atoms with E-state index in [0.29, 0.717) is 0 Å². The molecule has 1 aliphatic rings. The highest BCUT2D eigenvalue weighted by molar-refractivity contribution is 5.83. The van der Waals surface area contributed by atoms with E-state index in [2.05, 4.69) is 90.4 Å². The summed E-state index contributed by atoms with van der Waals surface area (Å²) >= 11 is 0. The monoisotopic (exact) mass is 384 g/mol. The standard InChI is InChI=1S/C27H32N2/c1-16-13-18(3)25(19(4)14-16)29-12-11-28-26(29)24-22-15-17(2)20(5)21(22)9-10-23(24)27(6,7)8/h9-14H,15H2,1-8H3. The van der Waals surface area contributed by atoms with Gasteiger partial charge in [-0.2, -0.15) is 0 Å². The number of allylic oxidation sites excluding steroid dienone is 2. The maximum atomic E-state index is 4.91. The molecule has 150 valence electrons. The van der Waals surface area contributed by atoms with Crippen molar-refractivity contribution in [3.8, 4) is 17.1 Å². The Bertz CT molecular complexity index is 1130. The lowest BCUT2D eigenvalue weighted by Gasteiger charge is -2.26. The van der Waals surface area contributed by atoms with E-state index < -0.39 is 0 Å². The van der Waals surface area contributed by atoms with Gasteiger partial charge in [0.25, 0.3) is 0 Å². The molecule has 0 atom stereocenters. The maximum absolute atomic E-state index is 4.91. The molecule has 0 aliphatic heterocycles. The van der Waals surface area contributed by atoms with Gasteiger partial charge in [0.15, 0.2) is 0 Å². The zero-order chi connectivity index (χ0) is 21.1. The van der Waals surface area contributed by atoms with Crippen molar-refractivity contribution < 1.29 is 0 Å². The fraction of sp³-hybridized carbons (Fsp3) is 0.370. The van der Waals surface area contributed by atoms with E-state index in [1.54, 1.807) is 0 Å². The van der Waals surface area contributed by atoms with Crippen molar-refractivity contribution in [2.24, 2.45) is 0 Å². The molecular weight excluding hydrogens is 352 g/mol. The highest BCUT2D eigenvalue weighted by Gasteiger charge is 2.29. The van der Waals surface area contributed by atoms with Gasteiger partial charge in [0.05, 0.1) is 5.69 Å². The molecule has 0 saturated heterocycles. The van der Waals surface area contributed by atoms with E-state index in [0.717, 1.165) is 12.2 Å². The molecule has 29 heavy (non-hydrogen) atoms. The van der Waals surface area contributed by atoms with Gasteiger partial charge in [-0.1, -0.05) is 56.2 Å². The molecule has 1 aliphatic carbocycles. The third-order valence-electron chi connectivity index (χ3n) is 6.35. The fourth-order valence-electron chi connectivity index (χ4n) is 4.91. The van der Waals surface area contributed by atoms with E-state index in [1.807, 2.05) is 6.20 Å². The Morgan fingerprint density at radius 2 is 1.59 bits per heavy atom. The van der Waals surface area contributed by atoms with Crippen molar-refractivity contribution in [2.75, 3.05) is 0 Å². The zero-order valence-corrected chi connectivity index (χ0v) is 19.1. The minimum atomic E-state index is 0.0446. The fourth-order valence-corrected chi connectivity index (χ4v) is 4.91. The van der Waals surface area contributed by atoms with Crippen molar-refractivity contribution in [3.63, 3.8) is 0 Å². The topological polar surface area (TPSA) is 17.8 Å². The van der Waals surface area contributed by atoms with E-state index >= 15 is 0 Å². The van der Waals surface area contributed by atoms with E-state index in [4.69, 9.17) is 4.98 Å². The van der Waals surface area contributed by atoms with E-state index in [1.165, 1.54) is 55.8 Å². The first-order valence-corrected chi connectivity index (χ1v) is 10.5. The average Bonchev–Trinajstić information content (AvgIpc) is 3.18. The summed E-state index contributed by atoms with van der Waals surface area (Å²) in [5.41, 5.74) is 13.6. The molecule has 2 nitrogen and oxygen atoms in total. The van der Waals surface area contributed by atoms with Gasteiger partial charge in [-0.15, -0.1) is 0 Å². The highest BCUT2D eigenvalue weighted by atomic mass is 15.1. The Balaban J connectivity index is 2.04. The lowest BCUT2D eigenvalue weighted by Crippen LogP contribution is -2.16. The third kappa shape index (κ3) is 3.15. The molecule has 2 heteroatoms. The molecule has 0 fully saturated rings. The minimum Gasteiger partial charge on any atom is -0.299 e. The summed E-state index contributed by atoms with van der Waals surface area (Å²) in [5, 5.41) is 0. The van der Waals surface area contributed by atoms with Crippen molar-refractivity contribution in [2.45, 2.75) is 67.2 Å². The van der Waals surface area contributed by atoms with Crippen LogP contribution in [0.5, 0.6) is 0 Å². The molecule has 0 unspecified atom stereocenters. The first kappa shape index (κ1) is 19.7. The quantitative estimate of drug-likeness (QED) is 0.460. The van der Waals surface area contributed by atoms with Crippen molar-refractivity contribution in [1.29, 1.82) is 0 Å². The van der Waals surface area contributed by atoms with Crippen LogP contribution in [0.25, 0.3) is 22.6 Å². The van der Waals surface area contributed by atoms with Gasteiger partial charge in [-0.05, 0) is 79.8 Å². The first-order valence-electron chi connectivity index (χ1n) is 10.5. The summed E-state index contributed by atoms with van der Waals surface area (Å²) in [6, 6.07) is 9.18. The number of nitrogens with zero attached hydrogens (tertiary/aromatic N) is 2. The number of imidazole rings is 1. The number of hydrogen-bond donors (Lipinski definition) is 0. The predicted octanol–water partition coefficient (Wildman–Crippen LogP) is 7.11. The molecule has 0 bridgehead atoms. The minimum absolute atomic E-state index is 0.0446. The third-order valence-corrected chi connectivity index (χ3v) is 6.35. The molecule has 1 aromatic heterocycles. The van der Waals surface area contributed by atoms with Gasteiger partial charge in [0.2, 0.25) is 0 Å². The molecule has 4 rings (SSSR count). The Morgan fingerprint density at radius 1 is 0.931 bits per heavy atom. The van der Waals surface area contributed by atoms with Crippen LogP contribution in [0.3, 0.4) is 0 Å². The Morgan fingerprint density at radius 3 is 2.21 bits per heavy atom. The van der Waals surface area contributed by atoms with Crippen LogP contribution in [0.4, 0.5) is 0 Å².